The molecule has 17 heavy (non-hydrogen) atoms. The molecule has 1 aromatic carbocycles. The summed E-state index contributed by atoms with van der Waals surface area (Å²) in [6.45, 7) is 2.12. The van der Waals surface area contributed by atoms with Gasteiger partial charge in [-0.15, -0.1) is 0 Å². The summed E-state index contributed by atoms with van der Waals surface area (Å²) in [5, 5.41) is 0. The van der Waals surface area contributed by atoms with Gasteiger partial charge in [0.15, 0.2) is 0 Å². The monoisotopic (exact) mass is 224 g/mol. The molecular formula is C15H16N2. The number of aryl methyl sites for hydroxylation is 2. The predicted octanol–water partition coefficient (Wildman–Crippen LogP) is 3.00. The number of rotatable bonds is 1. The summed E-state index contributed by atoms with van der Waals surface area (Å²) in [4.78, 5) is 4.75. The first kappa shape index (κ1) is 10.5. The molecule has 2 heteroatoms. The van der Waals surface area contributed by atoms with Crippen molar-refractivity contribution in [1.29, 1.82) is 0 Å². The van der Waals surface area contributed by atoms with Gasteiger partial charge in [0.1, 0.15) is 0 Å². The van der Waals surface area contributed by atoms with E-state index >= 15 is 0 Å². The minimum atomic E-state index is 0.184. The van der Waals surface area contributed by atoms with Crippen LogP contribution in [-0.2, 0) is 6.42 Å². The molecule has 1 heterocycles. The lowest BCUT2D eigenvalue weighted by Gasteiger charge is -2.08. The first-order chi connectivity index (χ1) is 8.25. The van der Waals surface area contributed by atoms with Gasteiger partial charge in [-0.2, -0.15) is 0 Å². The Morgan fingerprint density at radius 3 is 2.82 bits per heavy atom. The molecule has 2 N–H and O–H groups in total. The van der Waals surface area contributed by atoms with Crippen LogP contribution in [0.3, 0.4) is 0 Å². The summed E-state index contributed by atoms with van der Waals surface area (Å²) < 4.78 is 0. The molecular weight excluding hydrogens is 208 g/mol. The maximum atomic E-state index is 6.03. The molecule has 0 radical (unpaired) electrons. The zero-order valence-electron chi connectivity index (χ0n) is 9.98. The van der Waals surface area contributed by atoms with Gasteiger partial charge in [0, 0.05) is 17.3 Å². The van der Waals surface area contributed by atoms with E-state index in [4.69, 9.17) is 10.7 Å². The van der Waals surface area contributed by atoms with Crippen molar-refractivity contribution < 1.29 is 0 Å². The molecule has 2 nitrogen and oxygen atoms in total. The van der Waals surface area contributed by atoms with Crippen LogP contribution in [-0.4, -0.2) is 4.98 Å². The van der Waals surface area contributed by atoms with Crippen LogP contribution < -0.4 is 5.73 Å². The topological polar surface area (TPSA) is 38.9 Å². The number of benzene rings is 1. The molecule has 1 aliphatic carbocycles. The highest BCUT2D eigenvalue weighted by molar-refractivity contribution is 5.64. The molecule has 0 fully saturated rings. The molecule has 0 bridgehead atoms. The molecule has 1 unspecified atom stereocenters. The molecule has 1 atom stereocenters. The van der Waals surface area contributed by atoms with Crippen molar-refractivity contribution in [3.8, 4) is 11.3 Å². The first-order valence-corrected chi connectivity index (χ1v) is 6.07. The van der Waals surface area contributed by atoms with Gasteiger partial charge < -0.3 is 5.73 Å². The van der Waals surface area contributed by atoms with E-state index in [0.717, 1.165) is 18.5 Å². The van der Waals surface area contributed by atoms with Crippen LogP contribution in [0.5, 0.6) is 0 Å². The van der Waals surface area contributed by atoms with Crippen molar-refractivity contribution in [3.05, 3.63) is 53.2 Å². The van der Waals surface area contributed by atoms with Crippen molar-refractivity contribution in [2.24, 2.45) is 5.73 Å². The molecule has 0 aliphatic heterocycles. The molecule has 0 saturated carbocycles. The number of pyridine rings is 1. The smallest absolute Gasteiger partial charge is 0.0708 e. The van der Waals surface area contributed by atoms with Crippen molar-refractivity contribution >= 4 is 0 Å². The van der Waals surface area contributed by atoms with E-state index in [2.05, 4.69) is 43.3 Å². The second-order valence-electron chi connectivity index (χ2n) is 4.69. The standard InChI is InChI=1S/C15H16N2/c1-10-4-2-3-5-11(10)14-8-6-12-13(16)7-9-15(12)17-14/h2-6,8,13H,7,9,16H2,1H3. The Hall–Kier alpha value is -1.67. The van der Waals surface area contributed by atoms with Gasteiger partial charge in [-0.05, 0) is 37.0 Å². The Balaban J connectivity index is 2.09. The van der Waals surface area contributed by atoms with Gasteiger partial charge in [-0.1, -0.05) is 30.3 Å². The van der Waals surface area contributed by atoms with E-state index in [1.807, 2.05) is 0 Å². The fourth-order valence-electron chi connectivity index (χ4n) is 2.51. The number of nitrogens with two attached hydrogens (primary N) is 1. The number of nitrogens with zero attached hydrogens (tertiary/aromatic N) is 1. The Bertz CT molecular complexity index is 561. The molecule has 0 amide bonds. The lowest BCUT2D eigenvalue weighted by molar-refractivity contribution is 0.712. The summed E-state index contributed by atoms with van der Waals surface area (Å²) in [7, 11) is 0. The number of aromatic nitrogens is 1. The molecule has 0 saturated heterocycles. The SMILES string of the molecule is Cc1ccccc1-c1ccc2c(n1)CCC2N. The highest BCUT2D eigenvalue weighted by Crippen LogP contribution is 2.30. The van der Waals surface area contributed by atoms with Gasteiger partial charge in [0.05, 0.1) is 5.69 Å². The van der Waals surface area contributed by atoms with Crippen LogP contribution in [0, 0.1) is 6.92 Å². The highest BCUT2D eigenvalue weighted by atomic mass is 14.8. The quantitative estimate of drug-likeness (QED) is 0.808. The average Bonchev–Trinajstić information content (AvgIpc) is 2.71. The molecule has 86 valence electrons. The van der Waals surface area contributed by atoms with Gasteiger partial charge in [-0.25, -0.2) is 0 Å². The number of hydrogen-bond donors (Lipinski definition) is 1. The molecule has 2 aromatic rings. The third-order valence-corrected chi connectivity index (χ3v) is 3.52. The maximum absolute atomic E-state index is 6.03. The maximum Gasteiger partial charge on any atom is 0.0708 e. The summed E-state index contributed by atoms with van der Waals surface area (Å²) in [6, 6.07) is 12.8. The Kier molecular flexibility index (Phi) is 2.45. The Morgan fingerprint density at radius 2 is 2.00 bits per heavy atom. The highest BCUT2D eigenvalue weighted by Gasteiger charge is 2.20. The first-order valence-electron chi connectivity index (χ1n) is 6.07. The average molecular weight is 224 g/mol. The van der Waals surface area contributed by atoms with E-state index in [9.17, 15) is 0 Å². The molecule has 0 spiro atoms. The van der Waals surface area contributed by atoms with Gasteiger partial charge >= 0.3 is 0 Å². The fraction of sp³-hybridized carbons (Fsp3) is 0.267. The number of fused-ring (bicyclic) bond motifs is 1. The van der Waals surface area contributed by atoms with E-state index in [1.54, 1.807) is 0 Å². The Labute approximate surface area is 102 Å². The molecule has 3 rings (SSSR count). The molecule has 1 aromatic heterocycles. The largest absolute Gasteiger partial charge is 0.324 e. The fourth-order valence-corrected chi connectivity index (χ4v) is 2.51. The van der Waals surface area contributed by atoms with E-state index < -0.39 is 0 Å². The third-order valence-electron chi connectivity index (χ3n) is 3.52. The van der Waals surface area contributed by atoms with Crippen molar-refractivity contribution in [2.75, 3.05) is 0 Å². The van der Waals surface area contributed by atoms with Crippen LogP contribution in [0.4, 0.5) is 0 Å². The predicted molar refractivity (Wildman–Crippen MR) is 69.7 cm³/mol. The van der Waals surface area contributed by atoms with Gasteiger partial charge in [-0.3, -0.25) is 4.98 Å². The van der Waals surface area contributed by atoms with Crippen molar-refractivity contribution in [3.63, 3.8) is 0 Å². The van der Waals surface area contributed by atoms with Gasteiger partial charge in [0.25, 0.3) is 0 Å². The van der Waals surface area contributed by atoms with Crippen LogP contribution in [0.1, 0.15) is 29.3 Å². The van der Waals surface area contributed by atoms with E-state index in [-0.39, 0.29) is 6.04 Å². The minimum Gasteiger partial charge on any atom is -0.324 e. The van der Waals surface area contributed by atoms with Crippen molar-refractivity contribution in [2.45, 2.75) is 25.8 Å². The summed E-state index contributed by atoms with van der Waals surface area (Å²) in [5.74, 6) is 0. The van der Waals surface area contributed by atoms with Crippen LogP contribution in [0.2, 0.25) is 0 Å². The zero-order valence-corrected chi connectivity index (χ0v) is 9.98. The van der Waals surface area contributed by atoms with Crippen LogP contribution in [0.15, 0.2) is 36.4 Å². The van der Waals surface area contributed by atoms with Crippen LogP contribution in [0.25, 0.3) is 11.3 Å². The normalized spacial score (nSPS) is 18.1. The lowest BCUT2D eigenvalue weighted by Crippen LogP contribution is -2.05. The zero-order chi connectivity index (χ0) is 11.8. The van der Waals surface area contributed by atoms with Crippen molar-refractivity contribution in [1.82, 2.24) is 4.98 Å². The van der Waals surface area contributed by atoms with Gasteiger partial charge in [0.2, 0.25) is 0 Å². The second kappa shape index (κ2) is 3.97. The summed E-state index contributed by atoms with van der Waals surface area (Å²) in [6.07, 6.45) is 2.04. The second-order valence-corrected chi connectivity index (χ2v) is 4.69. The Morgan fingerprint density at radius 1 is 1.18 bits per heavy atom. The third kappa shape index (κ3) is 1.75. The van der Waals surface area contributed by atoms with E-state index in [0.29, 0.717) is 0 Å². The van der Waals surface area contributed by atoms with Crippen LogP contribution >= 0.6 is 0 Å². The summed E-state index contributed by atoms with van der Waals surface area (Å²) in [5.41, 5.74) is 12.0. The number of hydrogen-bond acceptors (Lipinski definition) is 2. The lowest BCUT2D eigenvalue weighted by atomic mass is 10.0. The minimum absolute atomic E-state index is 0.184. The molecule has 1 aliphatic rings. The summed E-state index contributed by atoms with van der Waals surface area (Å²) >= 11 is 0. The van der Waals surface area contributed by atoms with E-state index in [1.165, 1.54) is 22.4 Å².